The average molecular weight is 338 g/mol. The molecule has 0 saturated carbocycles. The highest BCUT2D eigenvalue weighted by molar-refractivity contribution is 7.90. The largest absolute Gasteiger partial charge is 0.354 e. The molecule has 0 atom stereocenters. The summed E-state index contributed by atoms with van der Waals surface area (Å²) < 4.78 is 22.9. The van der Waals surface area contributed by atoms with Gasteiger partial charge in [-0.1, -0.05) is 0 Å². The summed E-state index contributed by atoms with van der Waals surface area (Å²) in [5.41, 5.74) is 2.98. The molecule has 0 aromatic carbocycles. The molecule has 0 radical (unpaired) electrons. The smallest absolute Gasteiger partial charge is 0.177 e. The number of pyridine rings is 1. The van der Waals surface area contributed by atoms with Crippen molar-refractivity contribution in [2.75, 3.05) is 37.3 Å². The van der Waals surface area contributed by atoms with E-state index in [1.807, 2.05) is 5.51 Å². The zero-order chi connectivity index (χ0) is 15.6. The summed E-state index contributed by atoms with van der Waals surface area (Å²) >= 11 is 1.62. The Labute approximate surface area is 134 Å². The maximum Gasteiger partial charge on any atom is 0.177 e. The maximum atomic E-state index is 11.4. The molecular formula is C14H18N4O2S2. The van der Waals surface area contributed by atoms with Gasteiger partial charge in [-0.3, -0.25) is 4.90 Å². The topological polar surface area (TPSA) is 66.4 Å². The average Bonchev–Trinajstić information content (AvgIpc) is 3.00. The van der Waals surface area contributed by atoms with Crippen LogP contribution in [0.15, 0.2) is 34.1 Å². The maximum absolute atomic E-state index is 11.4. The third-order valence-electron chi connectivity index (χ3n) is 3.71. The molecule has 118 valence electrons. The molecule has 1 saturated heterocycles. The summed E-state index contributed by atoms with van der Waals surface area (Å²) in [7, 11) is -3.18. The number of hydrogen-bond donors (Lipinski definition) is 0. The quantitative estimate of drug-likeness (QED) is 0.836. The Morgan fingerprint density at radius 3 is 2.50 bits per heavy atom. The van der Waals surface area contributed by atoms with Gasteiger partial charge < -0.3 is 4.90 Å². The van der Waals surface area contributed by atoms with Gasteiger partial charge >= 0.3 is 0 Å². The molecule has 0 spiro atoms. The number of rotatable bonds is 4. The fourth-order valence-corrected chi connectivity index (χ4v) is 3.57. The summed E-state index contributed by atoms with van der Waals surface area (Å²) in [5.74, 6) is 0.834. The Morgan fingerprint density at radius 1 is 1.18 bits per heavy atom. The lowest BCUT2D eigenvalue weighted by Gasteiger charge is -2.35. The van der Waals surface area contributed by atoms with E-state index in [0.717, 1.165) is 44.2 Å². The molecule has 1 fully saturated rings. The standard InChI is InChI=1S/C14H18N4O2S2/c1-22(19,20)13-2-3-14(15-8-13)18-6-4-17(5-7-18)9-12-10-21-11-16-12/h2-3,8,10-11H,4-7,9H2,1H3. The van der Waals surface area contributed by atoms with Crippen LogP contribution in [0.4, 0.5) is 5.82 Å². The Balaban J connectivity index is 1.59. The van der Waals surface area contributed by atoms with Crippen LogP contribution in [-0.2, 0) is 16.4 Å². The summed E-state index contributed by atoms with van der Waals surface area (Å²) in [6.07, 6.45) is 2.63. The molecule has 0 N–H and O–H groups in total. The lowest BCUT2D eigenvalue weighted by molar-refractivity contribution is 0.247. The molecule has 2 aromatic rings. The molecule has 1 aliphatic rings. The first kappa shape index (κ1) is 15.4. The third kappa shape index (κ3) is 3.63. The van der Waals surface area contributed by atoms with Crippen LogP contribution < -0.4 is 4.90 Å². The van der Waals surface area contributed by atoms with Gasteiger partial charge in [0.25, 0.3) is 0 Å². The van der Waals surface area contributed by atoms with Crippen molar-refractivity contribution >= 4 is 27.0 Å². The zero-order valence-corrected chi connectivity index (χ0v) is 14.0. The van der Waals surface area contributed by atoms with Crippen molar-refractivity contribution in [1.82, 2.24) is 14.9 Å². The minimum Gasteiger partial charge on any atom is -0.354 e. The van der Waals surface area contributed by atoms with E-state index in [1.165, 1.54) is 12.5 Å². The van der Waals surface area contributed by atoms with Crippen LogP contribution >= 0.6 is 11.3 Å². The Morgan fingerprint density at radius 2 is 1.95 bits per heavy atom. The van der Waals surface area contributed by atoms with E-state index in [0.29, 0.717) is 0 Å². The zero-order valence-electron chi connectivity index (χ0n) is 12.3. The molecule has 0 aliphatic carbocycles. The van der Waals surface area contributed by atoms with Crippen molar-refractivity contribution in [2.24, 2.45) is 0 Å². The number of anilines is 1. The molecule has 3 heterocycles. The van der Waals surface area contributed by atoms with Crippen LogP contribution in [-0.4, -0.2) is 55.7 Å². The van der Waals surface area contributed by atoms with Gasteiger partial charge in [0, 0.05) is 50.6 Å². The number of piperazine rings is 1. The van der Waals surface area contributed by atoms with Crippen LogP contribution in [0.3, 0.4) is 0 Å². The molecule has 2 aromatic heterocycles. The fraction of sp³-hybridized carbons (Fsp3) is 0.429. The molecule has 22 heavy (non-hydrogen) atoms. The molecule has 0 amide bonds. The van der Waals surface area contributed by atoms with Crippen molar-refractivity contribution in [2.45, 2.75) is 11.4 Å². The monoisotopic (exact) mass is 338 g/mol. The van der Waals surface area contributed by atoms with Crippen molar-refractivity contribution in [3.05, 3.63) is 34.9 Å². The highest BCUT2D eigenvalue weighted by Crippen LogP contribution is 2.17. The lowest BCUT2D eigenvalue weighted by atomic mass is 10.3. The van der Waals surface area contributed by atoms with E-state index in [2.05, 4.69) is 25.1 Å². The van der Waals surface area contributed by atoms with E-state index < -0.39 is 9.84 Å². The highest BCUT2D eigenvalue weighted by Gasteiger charge is 2.19. The number of thiazole rings is 1. The second kappa shape index (κ2) is 6.31. The van der Waals surface area contributed by atoms with E-state index >= 15 is 0 Å². The Bertz CT molecular complexity index is 706. The summed E-state index contributed by atoms with van der Waals surface area (Å²) in [5, 5.41) is 2.08. The fourth-order valence-electron chi connectivity index (χ4n) is 2.46. The minimum atomic E-state index is -3.18. The van der Waals surface area contributed by atoms with Crippen LogP contribution in [0.2, 0.25) is 0 Å². The molecule has 8 heteroatoms. The van der Waals surface area contributed by atoms with Gasteiger partial charge in [-0.15, -0.1) is 11.3 Å². The number of nitrogens with zero attached hydrogens (tertiary/aromatic N) is 4. The SMILES string of the molecule is CS(=O)(=O)c1ccc(N2CCN(Cc3cscn3)CC2)nc1. The van der Waals surface area contributed by atoms with Gasteiger partial charge in [0.2, 0.25) is 0 Å². The van der Waals surface area contributed by atoms with Gasteiger partial charge in [0.15, 0.2) is 9.84 Å². The first-order chi connectivity index (χ1) is 10.5. The Hall–Kier alpha value is -1.51. The molecule has 1 aliphatic heterocycles. The molecular weight excluding hydrogens is 320 g/mol. The van der Waals surface area contributed by atoms with Crippen molar-refractivity contribution in [3.63, 3.8) is 0 Å². The predicted octanol–water partition coefficient (Wildman–Crippen LogP) is 1.26. The second-order valence-corrected chi connectivity index (χ2v) is 8.10. The number of aromatic nitrogens is 2. The first-order valence-corrected chi connectivity index (χ1v) is 9.86. The van der Waals surface area contributed by atoms with E-state index in [9.17, 15) is 8.42 Å². The van der Waals surface area contributed by atoms with Crippen LogP contribution in [0, 0.1) is 0 Å². The van der Waals surface area contributed by atoms with E-state index in [4.69, 9.17) is 0 Å². The normalized spacial score (nSPS) is 16.9. The predicted molar refractivity (Wildman–Crippen MR) is 87.0 cm³/mol. The van der Waals surface area contributed by atoms with Gasteiger partial charge in [0.1, 0.15) is 5.82 Å². The third-order valence-corrected chi connectivity index (χ3v) is 5.45. The van der Waals surface area contributed by atoms with Crippen LogP contribution in [0.5, 0.6) is 0 Å². The molecule has 0 bridgehead atoms. The van der Waals surface area contributed by atoms with Crippen molar-refractivity contribution in [1.29, 1.82) is 0 Å². The van der Waals surface area contributed by atoms with E-state index in [1.54, 1.807) is 23.5 Å². The lowest BCUT2D eigenvalue weighted by Crippen LogP contribution is -2.46. The highest BCUT2D eigenvalue weighted by atomic mass is 32.2. The van der Waals surface area contributed by atoms with Gasteiger partial charge in [-0.2, -0.15) is 0 Å². The minimum absolute atomic E-state index is 0.262. The van der Waals surface area contributed by atoms with Gasteiger partial charge in [0.05, 0.1) is 16.1 Å². The van der Waals surface area contributed by atoms with E-state index in [-0.39, 0.29) is 4.90 Å². The molecule has 6 nitrogen and oxygen atoms in total. The number of hydrogen-bond acceptors (Lipinski definition) is 7. The number of sulfone groups is 1. The molecule has 3 rings (SSSR count). The molecule has 0 unspecified atom stereocenters. The van der Waals surface area contributed by atoms with Crippen LogP contribution in [0.1, 0.15) is 5.69 Å². The van der Waals surface area contributed by atoms with Crippen molar-refractivity contribution < 1.29 is 8.42 Å². The first-order valence-electron chi connectivity index (χ1n) is 7.03. The second-order valence-electron chi connectivity index (χ2n) is 5.37. The summed E-state index contributed by atoms with van der Waals surface area (Å²) in [6, 6.07) is 3.41. The summed E-state index contributed by atoms with van der Waals surface area (Å²) in [6.45, 7) is 4.56. The summed E-state index contributed by atoms with van der Waals surface area (Å²) in [4.78, 5) is 13.4. The van der Waals surface area contributed by atoms with Crippen molar-refractivity contribution in [3.8, 4) is 0 Å². The van der Waals surface area contributed by atoms with Crippen LogP contribution in [0.25, 0.3) is 0 Å². The Kier molecular flexibility index (Phi) is 4.42. The van der Waals surface area contributed by atoms with Gasteiger partial charge in [-0.25, -0.2) is 18.4 Å². The van der Waals surface area contributed by atoms with Gasteiger partial charge in [-0.05, 0) is 12.1 Å².